The lowest BCUT2D eigenvalue weighted by Crippen LogP contribution is -2.24. The Bertz CT molecular complexity index is 967. The normalized spacial score (nSPS) is 15.3. The molecule has 0 spiro atoms. The molecule has 5 nitrogen and oxygen atoms in total. The Morgan fingerprint density at radius 1 is 0.969 bits per heavy atom. The molecule has 1 atom stereocenters. The van der Waals surface area contributed by atoms with Crippen LogP contribution in [0.3, 0.4) is 0 Å². The van der Waals surface area contributed by atoms with E-state index in [2.05, 4.69) is 35.8 Å². The van der Waals surface area contributed by atoms with Gasteiger partial charge >= 0.3 is 5.97 Å². The number of benzene rings is 3. The third-order valence-corrected chi connectivity index (χ3v) is 5.95. The van der Waals surface area contributed by atoms with Crippen molar-refractivity contribution < 1.29 is 19.5 Å². The molecule has 0 bridgehead atoms. The molecule has 1 aliphatic rings. The van der Waals surface area contributed by atoms with Gasteiger partial charge in [0.15, 0.2) is 6.61 Å². The monoisotopic (exact) mass is 431 g/mol. The summed E-state index contributed by atoms with van der Waals surface area (Å²) in [6, 6.07) is 26.4. The Balaban J connectivity index is 1.31. The van der Waals surface area contributed by atoms with Crippen LogP contribution >= 0.6 is 0 Å². The smallest absolute Gasteiger partial charge is 0.341 e. The Morgan fingerprint density at radius 3 is 2.31 bits per heavy atom. The van der Waals surface area contributed by atoms with Gasteiger partial charge in [-0.3, -0.25) is 4.84 Å². The zero-order chi connectivity index (χ0) is 22.2. The minimum Gasteiger partial charge on any atom is -0.482 e. The van der Waals surface area contributed by atoms with Gasteiger partial charge in [0.05, 0.1) is 0 Å². The van der Waals surface area contributed by atoms with Gasteiger partial charge in [0, 0.05) is 6.54 Å². The average Bonchev–Trinajstić information content (AvgIpc) is 2.83. The summed E-state index contributed by atoms with van der Waals surface area (Å²) in [5, 5.41) is 8.88. The molecule has 0 aliphatic heterocycles. The number of carboxylic acids is 1. The van der Waals surface area contributed by atoms with Crippen molar-refractivity contribution in [2.75, 3.05) is 13.2 Å². The molecule has 0 amide bonds. The second-order valence-corrected chi connectivity index (χ2v) is 8.19. The molecule has 3 aromatic rings. The van der Waals surface area contributed by atoms with Gasteiger partial charge in [0.1, 0.15) is 11.9 Å². The van der Waals surface area contributed by atoms with Crippen LogP contribution in [0.15, 0.2) is 78.9 Å². The van der Waals surface area contributed by atoms with E-state index in [9.17, 15) is 4.79 Å². The van der Waals surface area contributed by atoms with Gasteiger partial charge in [0.2, 0.25) is 0 Å². The molecule has 0 heterocycles. The molecular weight excluding hydrogens is 402 g/mol. The molecule has 1 aliphatic carbocycles. The second-order valence-electron chi connectivity index (χ2n) is 8.19. The predicted molar refractivity (Wildman–Crippen MR) is 124 cm³/mol. The maximum absolute atomic E-state index is 10.8. The van der Waals surface area contributed by atoms with Crippen LogP contribution in [0.4, 0.5) is 0 Å². The highest BCUT2D eigenvalue weighted by molar-refractivity contribution is 5.68. The van der Waals surface area contributed by atoms with Crippen LogP contribution in [-0.2, 0) is 22.5 Å². The highest BCUT2D eigenvalue weighted by Crippen LogP contribution is 2.33. The van der Waals surface area contributed by atoms with Crippen LogP contribution in [0.25, 0.3) is 0 Å². The third-order valence-electron chi connectivity index (χ3n) is 5.95. The van der Waals surface area contributed by atoms with Crippen molar-refractivity contribution in [2.45, 2.75) is 31.8 Å². The molecule has 2 N–H and O–H groups in total. The summed E-state index contributed by atoms with van der Waals surface area (Å²) >= 11 is 0. The number of hydroxylamine groups is 1. The van der Waals surface area contributed by atoms with Crippen molar-refractivity contribution in [2.24, 2.45) is 5.92 Å². The van der Waals surface area contributed by atoms with Gasteiger partial charge in [-0.2, -0.15) is 0 Å². The SMILES string of the molecule is O=C(O)COc1cccc2c1CCC(CCNOC(c1ccccc1)c1ccccc1)C2. The van der Waals surface area contributed by atoms with E-state index in [0.29, 0.717) is 11.7 Å². The molecule has 3 aromatic carbocycles. The number of fused-ring (bicyclic) bond motifs is 1. The molecule has 32 heavy (non-hydrogen) atoms. The molecule has 0 radical (unpaired) electrons. The summed E-state index contributed by atoms with van der Waals surface area (Å²) in [6.07, 6.45) is 3.80. The fourth-order valence-corrected chi connectivity index (χ4v) is 4.36. The van der Waals surface area contributed by atoms with E-state index in [1.165, 1.54) is 5.56 Å². The quantitative estimate of drug-likeness (QED) is 0.351. The van der Waals surface area contributed by atoms with Gasteiger partial charge in [-0.15, -0.1) is 0 Å². The summed E-state index contributed by atoms with van der Waals surface area (Å²) in [5.41, 5.74) is 7.86. The first-order valence-corrected chi connectivity index (χ1v) is 11.1. The van der Waals surface area contributed by atoms with Crippen LogP contribution in [0, 0.1) is 5.92 Å². The number of ether oxygens (including phenoxy) is 1. The Kier molecular flexibility index (Phi) is 7.54. The van der Waals surface area contributed by atoms with Crippen LogP contribution in [0.5, 0.6) is 5.75 Å². The largest absolute Gasteiger partial charge is 0.482 e. The third kappa shape index (κ3) is 5.75. The van der Waals surface area contributed by atoms with Crippen LogP contribution in [-0.4, -0.2) is 24.2 Å². The number of carbonyl (C=O) groups is 1. The van der Waals surface area contributed by atoms with Crippen molar-refractivity contribution in [3.63, 3.8) is 0 Å². The van der Waals surface area contributed by atoms with Gasteiger partial charge < -0.3 is 9.84 Å². The lowest BCUT2D eigenvalue weighted by Gasteiger charge is -2.26. The standard InChI is InChI=1S/C27H29NO4/c29-26(30)19-31-25-13-7-12-23-18-20(14-15-24(23)25)16-17-28-32-27(21-8-3-1-4-9-21)22-10-5-2-6-11-22/h1-13,20,27-28H,14-19H2,(H,29,30). The molecule has 5 heteroatoms. The van der Waals surface area contributed by atoms with Gasteiger partial charge in [-0.05, 0) is 59.9 Å². The average molecular weight is 432 g/mol. The molecule has 0 aromatic heterocycles. The Labute approximate surface area is 189 Å². The van der Waals surface area contributed by atoms with E-state index in [1.807, 2.05) is 48.5 Å². The highest BCUT2D eigenvalue weighted by Gasteiger charge is 2.22. The molecule has 4 rings (SSSR count). The molecule has 166 valence electrons. The number of rotatable bonds is 10. The summed E-state index contributed by atoms with van der Waals surface area (Å²) in [5.74, 6) is 0.310. The van der Waals surface area contributed by atoms with E-state index < -0.39 is 5.97 Å². The zero-order valence-electron chi connectivity index (χ0n) is 18.1. The number of hydrogen-bond donors (Lipinski definition) is 2. The van der Waals surface area contributed by atoms with Gasteiger partial charge in [0.25, 0.3) is 0 Å². The number of carboxylic acid groups (broad SMARTS) is 1. The maximum Gasteiger partial charge on any atom is 0.341 e. The fraction of sp³-hybridized carbons (Fsp3) is 0.296. The lowest BCUT2D eigenvalue weighted by atomic mass is 9.82. The Hall–Kier alpha value is -3.15. The first kappa shape index (κ1) is 22.1. The van der Waals surface area contributed by atoms with Gasteiger partial charge in [-0.25, -0.2) is 10.3 Å². The van der Waals surface area contributed by atoms with Crippen LogP contribution in [0.2, 0.25) is 0 Å². The highest BCUT2D eigenvalue weighted by atomic mass is 16.7. The summed E-state index contributed by atoms with van der Waals surface area (Å²) in [6.45, 7) is 0.469. The van der Waals surface area contributed by atoms with E-state index in [4.69, 9.17) is 14.7 Å². The van der Waals surface area contributed by atoms with Crippen molar-refractivity contribution in [1.29, 1.82) is 0 Å². The first-order chi connectivity index (χ1) is 15.7. The zero-order valence-corrected chi connectivity index (χ0v) is 18.1. The second kappa shape index (κ2) is 10.9. The maximum atomic E-state index is 10.8. The van der Waals surface area contributed by atoms with Crippen LogP contribution in [0.1, 0.15) is 41.2 Å². The van der Waals surface area contributed by atoms with Gasteiger partial charge in [-0.1, -0.05) is 72.8 Å². The topological polar surface area (TPSA) is 67.8 Å². The number of nitrogens with one attached hydrogen (secondary N) is 1. The van der Waals surface area contributed by atoms with Crippen molar-refractivity contribution >= 4 is 5.97 Å². The van der Waals surface area contributed by atoms with E-state index in [-0.39, 0.29) is 12.7 Å². The molecule has 0 saturated carbocycles. The summed E-state index contributed by atoms with van der Waals surface area (Å²) in [4.78, 5) is 16.9. The number of hydrogen-bond acceptors (Lipinski definition) is 4. The molecule has 0 fully saturated rings. The summed E-state index contributed by atoms with van der Waals surface area (Å²) < 4.78 is 5.48. The van der Waals surface area contributed by atoms with Crippen LogP contribution < -0.4 is 10.2 Å². The minimum absolute atomic E-state index is 0.154. The molecule has 0 saturated heterocycles. The molecule has 1 unspecified atom stereocenters. The predicted octanol–water partition coefficient (Wildman–Crippen LogP) is 4.96. The lowest BCUT2D eigenvalue weighted by molar-refractivity contribution is -0.139. The summed E-state index contributed by atoms with van der Waals surface area (Å²) in [7, 11) is 0. The van der Waals surface area contributed by atoms with Crippen molar-refractivity contribution in [3.8, 4) is 5.75 Å². The van der Waals surface area contributed by atoms with Crippen molar-refractivity contribution in [3.05, 3.63) is 101 Å². The van der Waals surface area contributed by atoms with E-state index in [1.54, 1.807) is 0 Å². The van der Waals surface area contributed by atoms with E-state index >= 15 is 0 Å². The number of aliphatic carboxylic acids is 1. The minimum atomic E-state index is -0.952. The van der Waals surface area contributed by atoms with E-state index in [0.717, 1.165) is 48.9 Å². The fourth-order valence-electron chi connectivity index (χ4n) is 4.36. The van der Waals surface area contributed by atoms with Crippen molar-refractivity contribution in [1.82, 2.24) is 5.48 Å². The molecular formula is C27H29NO4. The first-order valence-electron chi connectivity index (χ1n) is 11.1. The Morgan fingerprint density at radius 2 is 1.66 bits per heavy atom.